The van der Waals surface area contributed by atoms with E-state index in [2.05, 4.69) is 40.7 Å². The fraction of sp³-hybridized carbons (Fsp3) is 0.577. The Morgan fingerprint density at radius 2 is 1.44 bits per heavy atom. The molecule has 1 aliphatic carbocycles. The van der Waals surface area contributed by atoms with Crippen LogP contribution in [0, 0.1) is 23.4 Å². The number of hydrogen-bond donors (Lipinski definition) is 4. The van der Waals surface area contributed by atoms with Gasteiger partial charge in [0.2, 0.25) is 17.7 Å². The maximum atomic E-state index is 15.7. The summed E-state index contributed by atoms with van der Waals surface area (Å²) in [5.74, 6) is -3.06. The van der Waals surface area contributed by atoms with Crippen molar-refractivity contribution in [3.8, 4) is 0 Å². The highest BCUT2D eigenvalue weighted by Crippen LogP contribution is 2.35. The van der Waals surface area contributed by atoms with Crippen LogP contribution in [-0.4, -0.2) is 177 Å². The summed E-state index contributed by atoms with van der Waals surface area (Å²) in [4.78, 5) is 106. The maximum Gasteiger partial charge on any atom is 0.411 e. The Kier molecular flexibility index (Phi) is 23.2. The lowest BCUT2D eigenvalue weighted by Gasteiger charge is -2.42. The van der Waals surface area contributed by atoms with Crippen LogP contribution in [0.25, 0.3) is 11.0 Å². The van der Waals surface area contributed by atoms with Crippen LogP contribution >= 0.6 is 11.6 Å². The molecule has 5 aromatic rings. The number of nitrogens with one attached hydrogen (secondary N) is 4. The predicted octanol–water partition coefficient (Wildman–Crippen LogP) is 11.2. The number of rotatable bonds is 21. The summed E-state index contributed by atoms with van der Waals surface area (Å²) >= 11 is 6.37. The maximum absolute atomic E-state index is 15.7. The number of hydrogen-bond acceptors (Lipinski definition) is 14. The lowest BCUT2D eigenvalue weighted by molar-refractivity contribution is -0.139. The summed E-state index contributed by atoms with van der Waals surface area (Å²) in [6.07, 6.45) is 12.0. The van der Waals surface area contributed by atoms with Gasteiger partial charge < -0.3 is 49.4 Å². The van der Waals surface area contributed by atoms with Gasteiger partial charge in [0, 0.05) is 87.7 Å². The van der Waals surface area contributed by atoms with Crippen LogP contribution < -0.4 is 20.9 Å². The third-order valence-corrected chi connectivity index (χ3v) is 19.4. The van der Waals surface area contributed by atoms with Crippen LogP contribution in [0.1, 0.15) is 170 Å². The number of carbonyl (C=O) groups is 6. The molecular formula is C71H93ClF3N11O9. The van der Waals surface area contributed by atoms with Gasteiger partial charge in [0.25, 0.3) is 0 Å². The summed E-state index contributed by atoms with van der Waals surface area (Å²) in [5, 5.41) is 11.2. The van der Waals surface area contributed by atoms with Crippen molar-refractivity contribution in [2.24, 2.45) is 5.92 Å². The van der Waals surface area contributed by atoms with Crippen LogP contribution in [0.2, 0.25) is 5.02 Å². The molecular weight excluding hydrogens is 1240 g/mol. The Morgan fingerprint density at radius 1 is 0.747 bits per heavy atom. The summed E-state index contributed by atoms with van der Waals surface area (Å²) in [7, 11) is 0. The van der Waals surface area contributed by atoms with Gasteiger partial charge in [0.05, 0.1) is 48.3 Å². The van der Waals surface area contributed by atoms with Crippen molar-refractivity contribution in [1.82, 2.24) is 50.5 Å². The molecule has 10 rings (SSSR count). The molecule has 5 aliphatic rings. The summed E-state index contributed by atoms with van der Waals surface area (Å²) in [6, 6.07) is 15.9. The van der Waals surface area contributed by atoms with Gasteiger partial charge in [-0.3, -0.25) is 29.4 Å². The molecule has 4 aliphatic heterocycles. The molecule has 95 heavy (non-hydrogen) atoms. The van der Waals surface area contributed by atoms with Crippen LogP contribution in [0.4, 0.5) is 28.6 Å². The average Bonchev–Trinajstić information content (AvgIpc) is 1.79. The Balaban J connectivity index is 0.706. The van der Waals surface area contributed by atoms with E-state index in [1.807, 2.05) is 41.4 Å². The van der Waals surface area contributed by atoms with Crippen molar-refractivity contribution in [3.63, 3.8) is 0 Å². The van der Waals surface area contributed by atoms with E-state index in [1.54, 1.807) is 58.6 Å². The number of H-pyrrole nitrogens is 1. The zero-order valence-corrected chi connectivity index (χ0v) is 56.4. The number of piperidine rings is 4. The van der Waals surface area contributed by atoms with Gasteiger partial charge in [-0.2, -0.15) is 0 Å². The highest BCUT2D eigenvalue weighted by Gasteiger charge is 2.46. The number of carbonyl (C=O) groups excluding carboxylic acids is 6. The number of fused-ring (bicyclic) bond motifs is 1. The Labute approximate surface area is 560 Å². The quantitative estimate of drug-likeness (QED) is 0.0502. The first-order valence-corrected chi connectivity index (χ1v) is 34.3. The topological polar surface area (TPSA) is 224 Å². The lowest BCUT2D eigenvalue weighted by Crippen LogP contribution is -2.64. The molecule has 4 N–H and O–H groups in total. The normalized spacial score (nSPS) is 19.4. The number of Topliss-reactive ketones (excluding diaryl/α,β-unsaturated/α-hetero) is 1. The van der Waals surface area contributed by atoms with Crippen LogP contribution in [-0.2, 0) is 35.1 Å². The number of aromatic amines is 1. The number of amides is 5. The molecule has 24 heteroatoms. The number of ketones is 1. The van der Waals surface area contributed by atoms with Crippen LogP contribution in [0.3, 0.4) is 0 Å². The summed E-state index contributed by atoms with van der Waals surface area (Å²) < 4.78 is 62.4. The minimum absolute atomic E-state index is 0.0123. The largest absolute Gasteiger partial charge is 0.444 e. The Hall–Kier alpha value is -7.34. The first-order chi connectivity index (χ1) is 45.4. The van der Waals surface area contributed by atoms with E-state index in [0.717, 1.165) is 97.5 Å². The van der Waals surface area contributed by atoms with Gasteiger partial charge in [-0.15, -0.1) is 0 Å². The SMILES string of the molecule is CC(C)(C)OC(=O)NC1(C(=O)N[C@@H](CCN2CCC(OC3CCN(C(=O)[C@H](NCC(=O)c4cc(C5CCCN(C(=O)CN(Cc6ccc(F)cc6F)C(=O)OC(C)(C)C)C5)ccc4F)C4CCCCC4)CC3)CC2)c2ccc(Cl)cc2)CCN(c2ncnc3[nH]ccc23)CC1. The molecule has 0 spiro atoms. The van der Waals surface area contributed by atoms with Crippen molar-refractivity contribution in [2.45, 2.75) is 185 Å². The smallest absolute Gasteiger partial charge is 0.411 e. The number of benzene rings is 3. The van der Waals surface area contributed by atoms with E-state index in [0.29, 0.717) is 94.8 Å². The van der Waals surface area contributed by atoms with E-state index in [1.165, 1.54) is 18.5 Å². The highest BCUT2D eigenvalue weighted by atomic mass is 35.5. The minimum atomic E-state index is -1.27. The molecule has 20 nitrogen and oxygen atoms in total. The molecule has 0 radical (unpaired) electrons. The third kappa shape index (κ3) is 18.8. The summed E-state index contributed by atoms with van der Waals surface area (Å²) in [5.41, 5.74) is -0.757. The zero-order chi connectivity index (χ0) is 67.6. The summed E-state index contributed by atoms with van der Waals surface area (Å²) in [6.45, 7) is 14.2. The first kappa shape index (κ1) is 70.5. The number of anilines is 1. The monoisotopic (exact) mass is 1340 g/mol. The van der Waals surface area contributed by atoms with E-state index in [4.69, 9.17) is 25.8 Å². The predicted molar refractivity (Wildman–Crippen MR) is 355 cm³/mol. The van der Waals surface area contributed by atoms with Gasteiger partial charge in [0.15, 0.2) is 5.78 Å². The van der Waals surface area contributed by atoms with E-state index in [9.17, 15) is 37.5 Å². The highest BCUT2D eigenvalue weighted by molar-refractivity contribution is 6.30. The molecule has 3 aromatic carbocycles. The lowest BCUT2D eigenvalue weighted by atomic mass is 9.83. The molecule has 5 fully saturated rings. The van der Waals surface area contributed by atoms with Crippen molar-refractivity contribution in [1.29, 1.82) is 0 Å². The second-order valence-electron chi connectivity index (χ2n) is 28.4. The molecule has 6 heterocycles. The standard InChI is InChI=1S/C71H93ClF3N11O9/c1-69(2,3)94-67(91)81-71(28-37-83(38-29-71)64-55-22-30-76-63(55)78-45-79-64)66(90)80-59(46-14-18-51(72)19-15-46)27-34-82-32-23-53(24-33-82)93-54-25-35-84(36-26-54)65(89)62(47-11-8-7-9-12-47)77-41-60(87)56-39-48(17-21-57(56)74)49-13-10-31-85(42-49)61(88)44-86(68(92)95-70(4,5)6)43-50-16-20-52(73)40-58(50)75/h14-22,30,39-40,45,47,49,53-54,59,62,77H,7-13,23-29,31-38,41-44H2,1-6H3,(H,80,90)(H,81,91)(H,76,78,79)/t49?,59-,62+/m0/s1. The number of aromatic nitrogens is 3. The van der Waals surface area contributed by atoms with Gasteiger partial charge in [-0.1, -0.05) is 55.1 Å². The van der Waals surface area contributed by atoms with E-state index >= 15 is 4.39 Å². The van der Waals surface area contributed by atoms with Gasteiger partial charge in [-0.25, -0.2) is 32.7 Å². The molecule has 0 bridgehead atoms. The molecule has 4 saturated heterocycles. The number of ether oxygens (including phenoxy) is 3. The molecule has 2 aromatic heterocycles. The van der Waals surface area contributed by atoms with E-state index < -0.39 is 76.7 Å². The molecule has 1 saturated carbocycles. The van der Waals surface area contributed by atoms with Crippen molar-refractivity contribution in [3.05, 3.63) is 124 Å². The molecule has 5 amide bonds. The Morgan fingerprint density at radius 3 is 2.13 bits per heavy atom. The van der Waals surface area contributed by atoms with Gasteiger partial charge in [0.1, 0.15) is 58.5 Å². The molecule has 1 unspecified atom stereocenters. The fourth-order valence-electron chi connectivity index (χ4n) is 14.0. The van der Waals surface area contributed by atoms with Crippen molar-refractivity contribution in [2.75, 3.05) is 76.9 Å². The second-order valence-corrected chi connectivity index (χ2v) is 28.8. The first-order valence-electron chi connectivity index (χ1n) is 33.9. The van der Waals surface area contributed by atoms with Crippen LogP contribution in [0.15, 0.2) is 79.3 Å². The fourth-order valence-corrected chi connectivity index (χ4v) is 14.2. The minimum Gasteiger partial charge on any atom is -0.444 e. The van der Waals surface area contributed by atoms with Crippen LogP contribution in [0.5, 0.6) is 0 Å². The van der Waals surface area contributed by atoms with Crippen molar-refractivity contribution < 1.29 is 56.1 Å². The Bertz CT molecular complexity index is 3480. The van der Waals surface area contributed by atoms with Crippen molar-refractivity contribution >= 4 is 64.1 Å². The average molecular weight is 1340 g/mol. The molecule has 514 valence electrons. The number of nitrogens with zero attached hydrogens (tertiary/aromatic N) is 7. The zero-order valence-electron chi connectivity index (χ0n) is 55.7. The third-order valence-electron chi connectivity index (χ3n) is 19.2. The second kappa shape index (κ2) is 31.2. The molecule has 3 atom stereocenters. The number of likely N-dealkylation sites (tertiary alicyclic amines) is 3. The van der Waals surface area contributed by atoms with Gasteiger partial charge in [-0.05, 0) is 166 Å². The number of alkyl carbamates (subject to hydrolysis) is 1. The van der Waals surface area contributed by atoms with E-state index in [-0.39, 0.29) is 66.6 Å². The number of halogens is 4. The van der Waals surface area contributed by atoms with Gasteiger partial charge >= 0.3 is 12.2 Å².